The van der Waals surface area contributed by atoms with Crippen molar-refractivity contribution < 1.29 is 20.3 Å². The normalized spacial score (nSPS) is 20.3. The molecule has 3 aromatic heterocycles. The van der Waals surface area contributed by atoms with Crippen LogP contribution >= 0.6 is 0 Å². The first-order chi connectivity index (χ1) is 14.2. The van der Waals surface area contributed by atoms with Crippen LogP contribution in [-0.4, -0.2) is 39.3 Å². The Morgan fingerprint density at radius 1 is 1.30 bits per heavy atom. The Hall–Kier alpha value is -2.68. The predicted octanol–water partition coefficient (Wildman–Crippen LogP) is 5.47. The second-order valence-corrected chi connectivity index (χ2v) is 8.32. The second kappa shape index (κ2) is 7.86. The first kappa shape index (κ1) is 20.6. The predicted molar refractivity (Wildman–Crippen MR) is 120 cm³/mol. The Kier molecular flexibility index (Phi) is 5.40. The van der Waals surface area contributed by atoms with E-state index in [0.29, 0.717) is 35.9 Å². The summed E-state index contributed by atoms with van der Waals surface area (Å²) in [5.41, 5.74) is 5.92. The van der Waals surface area contributed by atoms with Gasteiger partial charge in [0.05, 0.1) is 11.3 Å². The molecule has 6 nitrogen and oxygen atoms in total. The zero-order valence-electron chi connectivity index (χ0n) is 16.9. The summed E-state index contributed by atoms with van der Waals surface area (Å²) in [6.07, 6.45) is -1.23. The lowest BCUT2D eigenvalue weighted by atomic mass is 9.86. The largest absolute Gasteiger partial charge is 0.418 e. The van der Waals surface area contributed by atoms with Crippen molar-refractivity contribution in [2.75, 3.05) is 18.0 Å². The number of aromatic amines is 1. The molecule has 1 fully saturated rings. The van der Waals surface area contributed by atoms with Crippen LogP contribution in [0.4, 0.5) is 19.0 Å². The maximum Gasteiger partial charge on any atom is 0.418 e. The zero-order valence-corrected chi connectivity index (χ0v) is 16.9. The summed E-state index contributed by atoms with van der Waals surface area (Å²) in [4.78, 5) is 10.6. The molecule has 1 aliphatic heterocycles. The van der Waals surface area contributed by atoms with Crippen molar-refractivity contribution in [2.24, 2.45) is 17.6 Å². The van der Waals surface area contributed by atoms with Crippen LogP contribution in [0.2, 0.25) is 0 Å². The summed E-state index contributed by atoms with van der Waals surface area (Å²) in [6.45, 7) is 5.65. The topological polar surface area (TPSA) is 83.7 Å². The SMILES string of the molecule is CC(C)C[C@@H]1CN(c2ccc(C(F)(F)F)c(-c3[nH]nc4ncccc34)n2)CC[C@@H]1N.[HH].[HH].[HH].[HH].[HH]. The lowest BCUT2D eigenvalue weighted by Gasteiger charge is -2.38. The fourth-order valence-electron chi connectivity index (χ4n) is 4.19. The minimum Gasteiger partial charge on any atom is -0.356 e. The highest BCUT2D eigenvalue weighted by molar-refractivity contribution is 5.90. The first-order valence-electron chi connectivity index (χ1n) is 10.1. The van der Waals surface area contributed by atoms with Gasteiger partial charge in [0, 0.05) is 37.8 Å². The van der Waals surface area contributed by atoms with Gasteiger partial charge in [-0.05, 0) is 48.9 Å². The molecule has 0 spiro atoms. The Labute approximate surface area is 180 Å². The number of halogens is 3. The molecule has 3 aromatic rings. The summed E-state index contributed by atoms with van der Waals surface area (Å²) >= 11 is 0. The van der Waals surface area contributed by atoms with Gasteiger partial charge in [0.25, 0.3) is 0 Å². The third kappa shape index (κ3) is 3.98. The number of pyridine rings is 2. The fourth-order valence-corrected chi connectivity index (χ4v) is 4.19. The van der Waals surface area contributed by atoms with Crippen LogP contribution in [0.3, 0.4) is 0 Å². The van der Waals surface area contributed by atoms with Gasteiger partial charge in [0.1, 0.15) is 11.5 Å². The Bertz CT molecular complexity index is 1050. The monoisotopic (exact) mass is 428 g/mol. The van der Waals surface area contributed by atoms with Crippen molar-refractivity contribution in [3.63, 3.8) is 0 Å². The van der Waals surface area contributed by atoms with Crippen LogP contribution in [0, 0.1) is 11.8 Å². The van der Waals surface area contributed by atoms with Gasteiger partial charge in [-0.2, -0.15) is 18.3 Å². The van der Waals surface area contributed by atoms with Crippen molar-refractivity contribution in [1.82, 2.24) is 20.2 Å². The number of nitrogens with one attached hydrogen (secondary N) is 1. The molecule has 0 bridgehead atoms. The zero-order chi connectivity index (χ0) is 21.5. The number of H-pyrrole nitrogens is 1. The number of nitrogens with zero attached hydrogens (tertiary/aromatic N) is 4. The van der Waals surface area contributed by atoms with Crippen LogP contribution in [0.5, 0.6) is 0 Å². The molecule has 3 N–H and O–H groups in total. The number of piperidine rings is 1. The number of aromatic nitrogens is 4. The molecule has 0 aromatic carbocycles. The van der Waals surface area contributed by atoms with Gasteiger partial charge in [-0.15, -0.1) is 0 Å². The standard InChI is InChI=1S/C21H25F3N6.5H2/c1-12(2)10-13-11-30(9-7-16(13)25)17-6-5-15(21(22,23)24)19(27-17)18-14-4-3-8-26-20(14)29-28-18;;;;;/h3-6,8,12-13,16H,7,9-11,25H2,1-2H3,(H,26,28,29);5*1H/t13-,16+;;;;;/m1...../s1. The van der Waals surface area contributed by atoms with Crippen LogP contribution in [0.15, 0.2) is 30.5 Å². The lowest BCUT2D eigenvalue weighted by molar-refractivity contribution is -0.137. The Balaban J connectivity index is 0. The molecule has 4 rings (SSSR count). The van der Waals surface area contributed by atoms with Crippen LogP contribution in [0.25, 0.3) is 22.4 Å². The molecule has 170 valence electrons. The molecule has 1 saturated heterocycles. The summed E-state index contributed by atoms with van der Waals surface area (Å²) in [5, 5.41) is 7.25. The van der Waals surface area contributed by atoms with Gasteiger partial charge in [-0.25, -0.2) is 9.97 Å². The van der Waals surface area contributed by atoms with Crippen molar-refractivity contribution in [2.45, 2.75) is 38.9 Å². The molecule has 2 atom stereocenters. The quantitative estimate of drug-likeness (QED) is 0.576. The van der Waals surface area contributed by atoms with E-state index in [-0.39, 0.29) is 30.5 Å². The molecule has 1 aliphatic rings. The number of nitrogens with two attached hydrogens (primary N) is 1. The summed E-state index contributed by atoms with van der Waals surface area (Å²) in [5.74, 6) is 1.30. The van der Waals surface area contributed by atoms with E-state index < -0.39 is 11.7 Å². The van der Waals surface area contributed by atoms with Crippen LogP contribution in [-0.2, 0) is 6.18 Å². The Morgan fingerprint density at radius 3 is 2.83 bits per heavy atom. The lowest BCUT2D eigenvalue weighted by Crippen LogP contribution is -2.47. The van der Waals surface area contributed by atoms with Gasteiger partial charge in [-0.1, -0.05) is 13.8 Å². The van der Waals surface area contributed by atoms with Gasteiger partial charge in [0.15, 0.2) is 5.65 Å². The minimum absolute atomic E-state index is 0. The average molecular weight is 429 g/mol. The van der Waals surface area contributed by atoms with E-state index in [0.717, 1.165) is 18.9 Å². The fraction of sp³-hybridized carbons (Fsp3) is 0.476. The molecule has 0 radical (unpaired) electrons. The van der Waals surface area contributed by atoms with E-state index in [9.17, 15) is 13.2 Å². The summed E-state index contributed by atoms with van der Waals surface area (Å²) < 4.78 is 41.3. The summed E-state index contributed by atoms with van der Waals surface area (Å²) in [6, 6.07) is 6.01. The molecule has 9 heteroatoms. The van der Waals surface area contributed by atoms with Gasteiger partial charge in [-0.3, -0.25) is 5.10 Å². The average Bonchev–Trinajstić information content (AvgIpc) is 3.12. The summed E-state index contributed by atoms with van der Waals surface area (Å²) in [7, 11) is 0. The molecule has 0 unspecified atom stereocenters. The van der Waals surface area contributed by atoms with Gasteiger partial charge < -0.3 is 10.6 Å². The van der Waals surface area contributed by atoms with Crippen molar-refractivity contribution in [3.05, 3.63) is 36.0 Å². The van der Waals surface area contributed by atoms with Crippen molar-refractivity contribution in [1.29, 1.82) is 0 Å². The Morgan fingerprint density at radius 2 is 2.10 bits per heavy atom. The van der Waals surface area contributed by atoms with Crippen LogP contribution in [0.1, 0.15) is 39.4 Å². The van der Waals surface area contributed by atoms with Gasteiger partial charge >= 0.3 is 6.18 Å². The third-order valence-electron chi connectivity index (χ3n) is 5.64. The molecule has 0 amide bonds. The van der Waals surface area contributed by atoms with Crippen LogP contribution < -0.4 is 10.6 Å². The molecule has 30 heavy (non-hydrogen) atoms. The number of anilines is 1. The number of rotatable bonds is 4. The number of alkyl halides is 3. The number of hydrogen-bond acceptors (Lipinski definition) is 5. The molecule has 4 heterocycles. The van der Waals surface area contributed by atoms with Gasteiger partial charge in [0.2, 0.25) is 0 Å². The van der Waals surface area contributed by atoms with E-state index >= 15 is 0 Å². The van der Waals surface area contributed by atoms with E-state index in [1.54, 1.807) is 18.3 Å². The smallest absolute Gasteiger partial charge is 0.356 e. The third-order valence-corrected chi connectivity index (χ3v) is 5.64. The van der Waals surface area contributed by atoms with E-state index in [1.807, 2.05) is 4.90 Å². The minimum atomic E-state index is -4.54. The van der Waals surface area contributed by atoms with E-state index in [4.69, 9.17) is 5.73 Å². The van der Waals surface area contributed by atoms with Crippen molar-refractivity contribution in [3.8, 4) is 11.4 Å². The molecule has 0 saturated carbocycles. The highest BCUT2D eigenvalue weighted by Crippen LogP contribution is 2.39. The molecule has 0 aliphatic carbocycles. The number of hydrogen-bond donors (Lipinski definition) is 2. The molecular weight excluding hydrogens is 393 g/mol. The second-order valence-electron chi connectivity index (χ2n) is 8.32. The van der Waals surface area contributed by atoms with E-state index in [1.165, 1.54) is 6.07 Å². The maximum atomic E-state index is 13.8. The van der Waals surface area contributed by atoms with Crippen molar-refractivity contribution >= 4 is 16.9 Å². The maximum absolute atomic E-state index is 13.8. The molecular formula is C21H35F3N6. The number of fused-ring (bicyclic) bond motifs is 1. The first-order valence-corrected chi connectivity index (χ1v) is 10.1. The highest BCUT2D eigenvalue weighted by atomic mass is 19.4. The highest BCUT2D eigenvalue weighted by Gasteiger charge is 2.36. The van der Waals surface area contributed by atoms with E-state index in [2.05, 4.69) is 34.0 Å².